The second-order valence-electron chi connectivity index (χ2n) is 6.14. The van der Waals surface area contributed by atoms with E-state index >= 15 is 0 Å². The van der Waals surface area contributed by atoms with Crippen LogP contribution in [0.25, 0.3) is 0 Å². The number of carboxylic acid groups (broad SMARTS) is 1. The Kier molecular flexibility index (Phi) is 3.42. The highest BCUT2D eigenvalue weighted by molar-refractivity contribution is 8.00. The lowest BCUT2D eigenvalue weighted by atomic mass is 10.0. The summed E-state index contributed by atoms with van der Waals surface area (Å²) in [5.74, 6) is -1.07. The summed E-state index contributed by atoms with van der Waals surface area (Å²) in [5.41, 5.74) is 9.08. The molecule has 2 atom stereocenters. The lowest BCUT2D eigenvalue weighted by molar-refractivity contribution is -0.696. The van der Waals surface area contributed by atoms with Gasteiger partial charge in [0.1, 0.15) is 11.4 Å². The van der Waals surface area contributed by atoms with Crippen LogP contribution in [0, 0.1) is 0 Å². The third-order valence-electron chi connectivity index (χ3n) is 4.78. The van der Waals surface area contributed by atoms with E-state index in [1.54, 1.807) is 0 Å². The molecule has 1 saturated heterocycles. The molecule has 0 spiro atoms. The monoisotopic (exact) mass is 331 g/mol. The summed E-state index contributed by atoms with van der Waals surface area (Å²) in [4.78, 5) is 24.9. The first-order chi connectivity index (χ1) is 11.1. The second-order valence-corrected chi connectivity index (χ2v) is 7.24. The van der Waals surface area contributed by atoms with E-state index in [0.717, 1.165) is 24.8 Å². The largest absolute Gasteiger partial charge is 0.543 e. The number of hydrogen-bond acceptors (Lipinski definition) is 5. The van der Waals surface area contributed by atoms with Gasteiger partial charge in [0.2, 0.25) is 5.91 Å². The van der Waals surface area contributed by atoms with Crippen LogP contribution in [0.15, 0.2) is 29.6 Å². The van der Waals surface area contributed by atoms with Crippen molar-refractivity contribution in [1.29, 1.82) is 0 Å². The predicted octanol–water partition coefficient (Wildman–Crippen LogP) is -1.29. The molecule has 4 rings (SSSR count). The third kappa shape index (κ3) is 2.18. The number of β-lactam (4-membered cyclic amide) rings is 1. The van der Waals surface area contributed by atoms with Crippen molar-refractivity contribution in [1.82, 2.24) is 4.90 Å². The van der Waals surface area contributed by atoms with Gasteiger partial charge < -0.3 is 15.6 Å². The number of nitrogens with two attached hydrogens (primary N) is 1. The van der Waals surface area contributed by atoms with Gasteiger partial charge in [-0.1, -0.05) is 0 Å². The molecule has 1 amide bonds. The number of aliphatic carboxylic acids is 1. The molecule has 1 aromatic heterocycles. The number of hydrogen-bond donors (Lipinski definition) is 1. The first-order valence-electron chi connectivity index (χ1n) is 7.72. The van der Waals surface area contributed by atoms with Gasteiger partial charge in [0.05, 0.1) is 11.7 Å². The molecule has 7 heteroatoms. The maximum absolute atomic E-state index is 12.0. The van der Waals surface area contributed by atoms with Gasteiger partial charge in [-0.3, -0.25) is 9.69 Å². The van der Waals surface area contributed by atoms with Crippen molar-refractivity contribution in [3.63, 3.8) is 0 Å². The molecule has 0 bridgehead atoms. The molecule has 0 unspecified atom stereocenters. The van der Waals surface area contributed by atoms with Gasteiger partial charge in [-0.2, -0.15) is 4.57 Å². The van der Waals surface area contributed by atoms with E-state index < -0.39 is 12.0 Å². The molecule has 6 nitrogen and oxygen atoms in total. The average Bonchev–Trinajstić information content (AvgIpc) is 3.03. The van der Waals surface area contributed by atoms with Crippen LogP contribution in [0.3, 0.4) is 0 Å². The molecule has 2 N–H and O–H groups in total. The van der Waals surface area contributed by atoms with Crippen LogP contribution < -0.4 is 15.4 Å². The first-order valence-corrected chi connectivity index (χ1v) is 8.76. The van der Waals surface area contributed by atoms with Gasteiger partial charge in [-0.05, 0) is 18.9 Å². The van der Waals surface area contributed by atoms with E-state index in [4.69, 9.17) is 5.73 Å². The highest BCUT2D eigenvalue weighted by atomic mass is 32.2. The summed E-state index contributed by atoms with van der Waals surface area (Å²) in [6.07, 6.45) is 5.18. The van der Waals surface area contributed by atoms with Crippen LogP contribution in [0.2, 0.25) is 0 Å². The van der Waals surface area contributed by atoms with Crippen molar-refractivity contribution in [3.8, 4) is 0 Å². The Bertz CT molecular complexity index is 746. The van der Waals surface area contributed by atoms with Crippen molar-refractivity contribution in [2.45, 2.75) is 37.2 Å². The van der Waals surface area contributed by atoms with E-state index in [0.29, 0.717) is 12.3 Å². The molecule has 1 aromatic rings. The fourth-order valence-corrected chi connectivity index (χ4v) is 4.94. The number of rotatable bonds is 3. The van der Waals surface area contributed by atoms with E-state index in [2.05, 4.69) is 10.6 Å². The summed E-state index contributed by atoms with van der Waals surface area (Å²) in [7, 11) is 0. The van der Waals surface area contributed by atoms with Crippen LogP contribution in [-0.4, -0.2) is 33.9 Å². The van der Waals surface area contributed by atoms with E-state index in [1.807, 2.05) is 12.3 Å². The average molecular weight is 331 g/mol. The molecule has 23 heavy (non-hydrogen) atoms. The SMILES string of the molecule is N[C@H]1C(=O)N2C(C(=O)[O-])=C(C[n+]3cccc4c3CCC4)CS[C@@H]12. The maximum atomic E-state index is 12.0. The number of aryl methyl sites for hydroxylation is 1. The van der Waals surface area contributed by atoms with Crippen LogP contribution in [0.5, 0.6) is 0 Å². The zero-order valence-corrected chi connectivity index (χ0v) is 13.3. The van der Waals surface area contributed by atoms with Crippen molar-refractivity contribution in [2.24, 2.45) is 5.73 Å². The van der Waals surface area contributed by atoms with Crippen LogP contribution in [-0.2, 0) is 29.0 Å². The van der Waals surface area contributed by atoms with Crippen molar-refractivity contribution < 1.29 is 19.3 Å². The third-order valence-corrected chi connectivity index (χ3v) is 6.14. The smallest absolute Gasteiger partial charge is 0.248 e. The molecule has 0 radical (unpaired) electrons. The van der Waals surface area contributed by atoms with Gasteiger partial charge in [-0.15, -0.1) is 11.8 Å². The fraction of sp³-hybridized carbons (Fsp3) is 0.438. The Morgan fingerprint density at radius 2 is 2.30 bits per heavy atom. The van der Waals surface area contributed by atoms with Gasteiger partial charge in [0.25, 0.3) is 0 Å². The Hall–Kier alpha value is -1.86. The number of thioether (sulfide) groups is 1. The molecular formula is C16H17N3O3S. The Balaban J connectivity index is 1.71. The van der Waals surface area contributed by atoms with E-state index in [9.17, 15) is 14.7 Å². The van der Waals surface area contributed by atoms with E-state index in [-0.39, 0.29) is 17.0 Å². The van der Waals surface area contributed by atoms with Crippen LogP contribution in [0.1, 0.15) is 17.7 Å². The molecule has 120 valence electrons. The van der Waals surface area contributed by atoms with Gasteiger partial charge in [0.15, 0.2) is 18.4 Å². The van der Waals surface area contributed by atoms with Crippen LogP contribution in [0.4, 0.5) is 0 Å². The Morgan fingerprint density at radius 1 is 1.48 bits per heavy atom. The number of carboxylic acids is 1. The van der Waals surface area contributed by atoms with Gasteiger partial charge in [0, 0.05) is 29.4 Å². The normalized spacial score (nSPS) is 26.0. The summed E-state index contributed by atoms with van der Waals surface area (Å²) >= 11 is 1.52. The number of carbonyl (C=O) groups excluding carboxylic acids is 2. The summed E-state index contributed by atoms with van der Waals surface area (Å²) < 4.78 is 2.10. The quantitative estimate of drug-likeness (QED) is 0.550. The number of fused-ring (bicyclic) bond motifs is 2. The van der Waals surface area contributed by atoms with E-state index in [1.165, 1.54) is 27.9 Å². The Labute approximate surface area is 138 Å². The second kappa shape index (κ2) is 5.35. The molecule has 3 heterocycles. The molecule has 2 aliphatic heterocycles. The highest BCUT2D eigenvalue weighted by Gasteiger charge is 2.50. The minimum absolute atomic E-state index is 0.0172. The highest BCUT2D eigenvalue weighted by Crippen LogP contribution is 2.39. The zero-order chi connectivity index (χ0) is 16.1. The van der Waals surface area contributed by atoms with Crippen molar-refractivity contribution >= 4 is 23.6 Å². The summed E-state index contributed by atoms with van der Waals surface area (Å²) in [6.45, 7) is 0.477. The lowest BCUT2D eigenvalue weighted by Gasteiger charge is -2.49. The molecule has 0 saturated carbocycles. The maximum Gasteiger partial charge on any atom is 0.248 e. The van der Waals surface area contributed by atoms with Gasteiger partial charge >= 0.3 is 0 Å². The number of carbonyl (C=O) groups is 2. The molecule has 3 aliphatic rings. The standard InChI is InChI=1S/C16H17N3O3S/c17-12-14(20)19-13(16(21)22)10(8-23-15(12)19)7-18-6-2-4-9-3-1-5-11(9)18/h2,4,6,12,15H,1,3,5,7-8,17H2/t12-,15-/m0/s1. The minimum Gasteiger partial charge on any atom is -0.543 e. The molecule has 1 aliphatic carbocycles. The summed E-state index contributed by atoms with van der Waals surface area (Å²) in [5, 5.41) is 11.3. The predicted molar refractivity (Wildman–Crippen MR) is 81.8 cm³/mol. The minimum atomic E-state index is -1.29. The number of nitrogens with zero attached hydrogens (tertiary/aromatic N) is 2. The topological polar surface area (TPSA) is 90.3 Å². The summed E-state index contributed by atoms with van der Waals surface area (Å²) in [6, 6.07) is 3.51. The van der Waals surface area contributed by atoms with Crippen molar-refractivity contribution in [2.75, 3.05) is 5.75 Å². The lowest BCUT2D eigenvalue weighted by Crippen LogP contribution is -2.69. The van der Waals surface area contributed by atoms with Crippen LogP contribution >= 0.6 is 11.8 Å². The first kappa shape index (κ1) is 14.7. The fourth-order valence-electron chi connectivity index (χ4n) is 3.66. The number of amides is 1. The Morgan fingerprint density at radius 3 is 3.09 bits per heavy atom. The number of pyridine rings is 1. The number of aromatic nitrogens is 1. The molecule has 1 fully saturated rings. The molecular weight excluding hydrogens is 314 g/mol. The van der Waals surface area contributed by atoms with Gasteiger partial charge in [-0.25, -0.2) is 0 Å². The zero-order valence-electron chi connectivity index (χ0n) is 12.5. The molecule has 0 aromatic carbocycles. The van der Waals surface area contributed by atoms with Crippen molar-refractivity contribution in [3.05, 3.63) is 40.9 Å².